The average molecular weight is 402 g/mol. The Balaban J connectivity index is 1.55. The molecule has 7 heteroatoms. The molecule has 0 radical (unpaired) electrons. The van der Waals surface area contributed by atoms with Crippen LogP contribution < -0.4 is 0 Å². The maximum Gasteiger partial charge on any atom is 0.247 e. The number of fused-ring (bicyclic) bond motifs is 1. The molecule has 0 N–H and O–H groups in total. The average Bonchev–Trinajstić information content (AvgIpc) is 3.36. The number of benzene rings is 1. The van der Waals surface area contributed by atoms with Gasteiger partial charge in [0.05, 0.1) is 18.1 Å². The van der Waals surface area contributed by atoms with Crippen molar-refractivity contribution < 1.29 is 17.6 Å². The molecule has 5 nitrogen and oxygen atoms in total. The third-order valence-electron chi connectivity index (χ3n) is 4.67. The van der Waals surface area contributed by atoms with Crippen molar-refractivity contribution in [3.63, 3.8) is 0 Å². The Labute approximate surface area is 161 Å². The van der Waals surface area contributed by atoms with Gasteiger partial charge in [-0.1, -0.05) is 24.3 Å². The number of hydrogen-bond donors (Lipinski definition) is 0. The van der Waals surface area contributed by atoms with Gasteiger partial charge in [-0.3, -0.25) is 4.79 Å². The van der Waals surface area contributed by atoms with Crippen molar-refractivity contribution in [3.8, 4) is 0 Å². The van der Waals surface area contributed by atoms with E-state index in [0.717, 1.165) is 15.8 Å². The lowest BCUT2D eigenvalue weighted by Crippen LogP contribution is -2.39. The molecule has 0 aliphatic carbocycles. The van der Waals surface area contributed by atoms with Gasteiger partial charge in [0, 0.05) is 22.4 Å². The van der Waals surface area contributed by atoms with Gasteiger partial charge in [-0.15, -0.1) is 11.3 Å². The lowest BCUT2D eigenvalue weighted by molar-refractivity contribution is -0.128. The van der Waals surface area contributed by atoms with Crippen LogP contribution in [0.2, 0.25) is 0 Å². The van der Waals surface area contributed by atoms with Gasteiger partial charge in [-0.05, 0) is 36.1 Å². The van der Waals surface area contributed by atoms with E-state index in [9.17, 15) is 13.2 Å². The summed E-state index contributed by atoms with van der Waals surface area (Å²) in [7, 11) is -3.07. The number of carbonyl (C=O) groups excluding carboxylic acids is 1. The number of furan rings is 1. The Morgan fingerprint density at radius 2 is 2.11 bits per heavy atom. The summed E-state index contributed by atoms with van der Waals surface area (Å²) in [6, 6.07) is 13.1. The summed E-state index contributed by atoms with van der Waals surface area (Å²) >= 11 is 1.56. The van der Waals surface area contributed by atoms with Crippen LogP contribution in [0.3, 0.4) is 0 Å². The SMILES string of the molecule is O=C(C=Cc1cc2ccccc2o1)N(Cc1cccs1)C1CCS(=O)(=O)C1. The molecule has 1 unspecified atom stereocenters. The molecule has 4 rings (SSSR count). The van der Waals surface area contributed by atoms with Gasteiger partial charge in [0.1, 0.15) is 11.3 Å². The number of sulfone groups is 1. The summed E-state index contributed by atoms with van der Waals surface area (Å²) in [5.74, 6) is 0.563. The first-order chi connectivity index (χ1) is 13.0. The zero-order valence-electron chi connectivity index (χ0n) is 14.6. The standard InChI is InChI=1S/C20H19NO4S2/c22-20(8-7-17-12-15-4-1-2-6-19(15)25-17)21(13-18-5-3-10-26-18)16-9-11-27(23,24)14-16/h1-8,10,12,16H,9,11,13-14H2. The quantitative estimate of drug-likeness (QED) is 0.611. The predicted octanol–water partition coefficient (Wildman–Crippen LogP) is 3.72. The summed E-state index contributed by atoms with van der Waals surface area (Å²) < 4.78 is 29.5. The van der Waals surface area contributed by atoms with E-state index in [-0.39, 0.29) is 23.5 Å². The second kappa shape index (κ2) is 7.32. The number of hydrogen-bond acceptors (Lipinski definition) is 5. The first kappa shape index (κ1) is 18.0. The highest BCUT2D eigenvalue weighted by atomic mass is 32.2. The van der Waals surface area contributed by atoms with Crippen LogP contribution in [-0.4, -0.2) is 36.8 Å². The van der Waals surface area contributed by atoms with Crippen molar-refractivity contribution in [1.29, 1.82) is 0 Å². The van der Waals surface area contributed by atoms with E-state index in [1.807, 2.05) is 47.8 Å². The number of thiophene rings is 1. The topological polar surface area (TPSA) is 67.6 Å². The van der Waals surface area contributed by atoms with Crippen LogP contribution in [0.25, 0.3) is 17.0 Å². The van der Waals surface area contributed by atoms with E-state index in [2.05, 4.69) is 0 Å². The number of amides is 1. The summed E-state index contributed by atoms with van der Waals surface area (Å²) in [6.07, 6.45) is 3.60. The largest absolute Gasteiger partial charge is 0.457 e. The minimum Gasteiger partial charge on any atom is -0.457 e. The molecule has 3 heterocycles. The van der Waals surface area contributed by atoms with E-state index in [1.165, 1.54) is 6.08 Å². The molecule has 1 amide bonds. The number of nitrogens with zero attached hydrogens (tertiary/aromatic N) is 1. The normalized spacial score (nSPS) is 19.0. The number of carbonyl (C=O) groups is 1. The molecular weight excluding hydrogens is 382 g/mol. The fraction of sp³-hybridized carbons (Fsp3) is 0.250. The first-order valence-electron chi connectivity index (χ1n) is 8.70. The Morgan fingerprint density at radius 1 is 1.26 bits per heavy atom. The van der Waals surface area contributed by atoms with Gasteiger partial charge < -0.3 is 9.32 Å². The smallest absolute Gasteiger partial charge is 0.247 e. The Kier molecular flexibility index (Phi) is 4.88. The van der Waals surface area contributed by atoms with Gasteiger partial charge in [0.2, 0.25) is 5.91 Å². The molecule has 1 aromatic carbocycles. The summed E-state index contributed by atoms with van der Waals surface area (Å²) in [6.45, 7) is 0.418. The summed E-state index contributed by atoms with van der Waals surface area (Å²) in [5.41, 5.74) is 0.766. The van der Waals surface area contributed by atoms with Crippen LogP contribution in [0.15, 0.2) is 58.3 Å². The van der Waals surface area contributed by atoms with E-state index in [0.29, 0.717) is 18.7 Å². The molecule has 27 heavy (non-hydrogen) atoms. The number of rotatable bonds is 5. The van der Waals surface area contributed by atoms with E-state index in [4.69, 9.17) is 4.42 Å². The van der Waals surface area contributed by atoms with Gasteiger partial charge in [-0.25, -0.2) is 8.42 Å². The zero-order chi connectivity index (χ0) is 18.9. The van der Waals surface area contributed by atoms with E-state index in [1.54, 1.807) is 22.3 Å². The molecule has 0 spiro atoms. The van der Waals surface area contributed by atoms with Gasteiger partial charge in [-0.2, -0.15) is 0 Å². The Morgan fingerprint density at radius 3 is 2.81 bits per heavy atom. The molecular formula is C20H19NO4S2. The monoisotopic (exact) mass is 401 g/mol. The van der Waals surface area contributed by atoms with Crippen molar-refractivity contribution in [2.75, 3.05) is 11.5 Å². The minimum atomic E-state index is -3.07. The minimum absolute atomic E-state index is 0.0304. The molecule has 3 aromatic rings. The first-order valence-corrected chi connectivity index (χ1v) is 11.4. The Bertz CT molecular complexity index is 1050. The van der Waals surface area contributed by atoms with Crippen LogP contribution in [0, 0.1) is 0 Å². The molecule has 1 saturated heterocycles. The van der Waals surface area contributed by atoms with Crippen molar-refractivity contribution in [2.45, 2.75) is 19.0 Å². The third-order valence-corrected chi connectivity index (χ3v) is 7.28. The molecule has 2 aromatic heterocycles. The van der Waals surface area contributed by atoms with E-state index < -0.39 is 9.84 Å². The van der Waals surface area contributed by atoms with E-state index >= 15 is 0 Å². The van der Waals surface area contributed by atoms with Gasteiger partial charge >= 0.3 is 0 Å². The summed E-state index contributed by atoms with van der Waals surface area (Å²) in [4.78, 5) is 15.6. The van der Waals surface area contributed by atoms with Crippen molar-refractivity contribution >= 4 is 44.1 Å². The van der Waals surface area contributed by atoms with Crippen LogP contribution in [0.4, 0.5) is 0 Å². The lowest BCUT2D eigenvalue weighted by atomic mass is 10.2. The van der Waals surface area contributed by atoms with Crippen LogP contribution in [0.1, 0.15) is 17.1 Å². The molecule has 1 fully saturated rings. The van der Waals surface area contributed by atoms with Crippen LogP contribution in [0.5, 0.6) is 0 Å². The Hall–Kier alpha value is -2.38. The molecule has 1 aliphatic heterocycles. The highest BCUT2D eigenvalue weighted by molar-refractivity contribution is 7.91. The lowest BCUT2D eigenvalue weighted by Gasteiger charge is -2.26. The van der Waals surface area contributed by atoms with Crippen LogP contribution in [-0.2, 0) is 21.2 Å². The molecule has 0 saturated carbocycles. The fourth-order valence-electron chi connectivity index (χ4n) is 3.31. The molecule has 1 atom stereocenters. The van der Waals surface area contributed by atoms with Crippen molar-refractivity contribution in [1.82, 2.24) is 4.90 Å². The number of para-hydroxylation sites is 1. The van der Waals surface area contributed by atoms with Crippen LogP contribution >= 0.6 is 11.3 Å². The highest BCUT2D eigenvalue weighted by Gasteiger charge is 2.34. The van der Waals surface area contributed by atoms with Crippen molar-refractivity contribution in [2.24, 2.45) is 0 Å². The summed E-state index contributed by atoms with van der Waals surface area (Å²) in [5, 5.41) is 2.93. The zero-order valence-corrected chi connectivity index (χ0v) is 16.2. The predicted molar refractivity (Wildman–Crippen MR) is 107 cm³/mol. The maximum absolute atomic E-state index is 12.9. The third kappa shape index (κ3) is 4.14. The molecule has 0 bridgehead atoms. The van der Waals surface area contributed by atoms with Gasteiger partial charge in [0.25, 0.3) is 0 Å². The molecule has 1 aliphatic rings. The molecule has 140 valence electrons. The fourth-order valence-corrected chi connectivity index (χ4v) is 5.75. The second-order valence-electron chi connectivity index (χ2n) is 6.62. The maximum atomic E-state index is 12.9. The second-order valence-corrected chi connectivity index (χ2v) is 9.88. The highest BCUT2D eigenvalue weighted by Crippen LogP contribution is 2.23. The van der Waals surface area contributed by atoms with Gasteiger partial charge in [0.15, 0.2) is 9.84 Å². The van der Waals surface area contributed by atoms with Crippen molar-refractivity contribution in [3.05, 3.63) is 64.6 Å².